The first-order chi connectivity index (χ1) is 16.1. The maximum absolute atomic E-state index is 13.3. The summed E-state index contributed by atoms with van der Waals surface area (Å²) in [7, 11) is 0. The van der Waals surface area contributed by atoms with Crippen molar-refractivity contribution in [1.29, 1.82) is 0 Å². The average molecular weight is 440 g/mol. The fourth-order valence-electron chi connectivity index (χ4n) is 5.13. The number of aryl methyl sites for hydroxylation is 2. The van der Waals surface area contributed by atoms with Gasteiger partial charge in [0.15, 0.2) is 17.1 Å². The highest BCUT2D eigenvalue weighted by Crippen LogP contribution is 2.32. The molecular weight excluding hydrogens is 414 g/mol. The van der Waals surface area contributed by atoms with Crippen LogP contribution in [-0.2, 0) is 11.2 Å². The van der Waals surface area contributed by atoms with Crippen molar-refractivity contribution in [3.05, 3.63) is 71.4 Å². The van der Waals surface area contributed by atoms with E-state index in [1.807, 2.05) is 63.3 Å². The molecule has 8 heteroatoms. The predicted octanol–water partition coefficient (Wildman–Crippen LogP) is 3.84. The van der Waals surface area contributed by atoms with Crippen molar-refractivity contribution in [1.82, 2.24) is 34.1 Å². The molecule has 1 amide bonds. The summed E-state index contributed by atoms with van der Waals surface area (Å²) in [6, 6.07) is 13.9. The van der Waals surface area contributed by atoms with E-state index >= 15 is 0 Å². The number of fused-ring (bicyclic) bond motifs is 4. The van der Waals surface area contributed by atoms with E-state index < -0.39 is 0 Å². The Bertz CT molecular complexity index is 1520. The molecule has 6 rings (SSSR count). The van der Waals surface area contributed by atoms with Crippen LogP contribution in [0.3, 0.4) is 0 Å². The van der Waals surface area contributed by atoms with E-state index in [4.69, 9.17) is 10.1 Å². The summed E-state index contributed by atoms with van der Waals surface area (Å²) in [6.45, 7) is 4.84. The van der Waals surface area contributed by atoms with Crippen LogP contribution >= 0.6 is 0 Å². The van der Waals surface area contributed by atoms with Gasteiger partial charge in [-0.2, -0.15) is 5.10 Å². The minimum absolute atomic E-state index is 0.0332. The summed E-state index contributed by atoms with van der Waals surface area (Å²) in [6.07, 6.45) is 4.92. The Hall–Kier alpha value is -3.81. The highest BCUT2D eigenvalue weighted by Gasteiger charge is 2.33. The highest BCUT2D eigenvalue weighted by molar-refractivity contribution is 5.92. The van der Waals surface area contributed by atoms with E-state index in [0.29, 0.717) is 12.8 Å². The number of rotatable bonds is 4. The molecule has 0 unspecified atom stereocenters. The number of carbonyl (C=O) groups is 1. The summed E-state index contributed by atoms with van der Waals surface area (Å²) in [5, 5.41) is 14.5. The Labute approximate surface area is 190 Å². The molecule has 1 aromatic carbocycles. The van der Waals surface area contributed by atoms with Gasteiger partial charge in [0.1, 0.15) is 0 Å². The lowest BCUT2D eigenvalue weighted by Gasteiger charge is -2.24. The molecule has 8 nitrogen and oxygen atoms in total. The molecule has 1 fully saturated rings. The molecule has 0 bridgehead atoms. The van der Waals surface area contributed by atoms with Crippen molar-refractivity contribution in [3.8, 4) is 0 Å². The normalized spacial score (nSPS) is 16.4. The van der Waals surface area contributed by atoms with E-state index in [-0.39, 0.29) is 11.9 Å². The molecule has 0 saturated carbocycles. The summed E-state index contributed by atoms with van der Waals surface area (Å²) in [5.74, 6) is 0.991. The average Bonchev–Trinajstić information content (AvgIpc) is 3.55. The number of hydrogen-bond acceptors (Lipinski definition) is 5. The van der Waals surface area contributed by atoms with E-state index in [1.165, 1.54) is 0 Å². The molecule has 1 aliphatic heterocycles. The molecule has 5 heterocycles. The van der Waals surface area contributed by atoms with E-state index in [2.05, 4.69) is 23.2 Å². The van der Waals surface area contributed by atoms with Crippen LogP contribution in [0.25, 0.3) is 22.2 Å². The number of pyridine rings is 1. The minimum atomic E-state index is -0.0332. The smallest absolute Gasteiger partial charge is 0.223 e. The maximum atomic E-state index is 13.3. The lowest BCUT2D eigenvalue weighted by molar-refractivity contribution is -0.132. The van der Waals surface area contributed by atoms with Gasteiger partial charge in [-0.3, -0.25) is 9.20 Å². The molecule has 1 saturated heterocycles. The van der Waals surface area contributed by atoms with Crippen LogP contribution in [0.2, 0.25) is 0 Å². The van der Waals surface area contributed by atoms with Gasteiger partial charge in [-0.05, 0) is 62.9 Å². The monoisotopic (exact) mass is 439 g/mol. The van der Waals surface area contributed by atoms with Crippen LogP contribution in [0.1, 0.15) is 48.1 Å². The Morgan fingerprint density at radius 2 is 1.94 bits per heavy atom. The van der Waals surface area contributed by atoms with Gasteiger partial charge >= 0.3 is 0 Å². The number of aromatic nitrogens is 6. The number of hydrogen-bond donors (Lipinski definition) is 0. The van der Waals surface area contributed by atoms with Gasteiger partial charge in [-0.15, -0.1) is 10.2 Å². The van der Waals surface area contributed by atoms with Crippen molar-refractivity contribution < 1.29 is 4.79 Å². The quantitative estimate of drug-likeness (QED) is 0.425. The maximum Gasteiger partial charge on any atom is 0.223 e. The van der Waals surface area contributed by atoms with Crippen LogP contribution in [0.15, 0.2) is 48.7 Å². The topological polar surface area (TPSA) is 80.7 Å². The second-order valence-electron chi connectivity index (χ2n) is 8.75. The van der Waals surface area contributed by atoms with E-state index in [1.54, 1.807) is 0 Å². The lowest BCUT2D eigenvalue weighted by Crippen LogP contribution is -2.31. The van der Waals surface area contributed by atoms with Gasteiger partial charge in [-0.25, -0.2) is 9.50 Å². The third-order valence-corrected chi connectivity index (χ3v) is 6.82. The second-order valence-corrected chi connectivity index (χ2v) is 8.75. The van der Waals surface area contributed by atoms with Gasteiger partial charge in [0.2, 0.25) is 5.91 Å². The Balaban J connectivity index is 1.26. The molecule has 4 aromatic heterocycles. The molecule has 33 heavy (non-hydrogen) atoms. The second kappa shape index (κ2) is 7.65. The van der Waals surface area contributed by atoms with Crippen LogP contribution < -0.4 is 0 Å². The van der Waals surface area contributed by atoms with Crippen molar-refractivity contribution in [2.45, 2.75) is 45.6 Å². The number of likely N-dealkylation sites (tertiary alicyclic amines) is 1. The highest BCUT2D eigenvalue weighted by atomic mass is 16.2. The predicted molar refractivity (Wildman–Crippen MR) is 125 cm³/mol. The molecule has 0 N–H and O–H groups in total. The van der Waals surface area contributed by atoms with Gasteiger partial charge < -0.3 is 4.90 Å². The Morgan fingerprint density at radius 1 is 1.09 bits per heavy atom. The number of carbonyl (C=O) groups excluding carboxylic acids is 1. The molecule has 5 aromatic rings. The van der Waals surface area contributed by atoms with Gasteiger partial charge in [0.25, 0.3) is 0 Å². The SMILES string of the molecule is Cc1nc2c3ccccc3nn2c(C)c1CCC(=O)N1CCC[C@@H]1c1nnc2ccccn12. The fourth-order valence-corrected chi connectivity index (χ4v) is 5.13. The fraction of sp³-hybridized carbons (Fsp3) is 0.320. The summed E-state index contributed by atoms with van der Waals surface area (Å²) < 4.78 is 3.91. The zero-order valence-corrected chi connectivity index (χ0v) is 18.8. The van der Waals surface area contributed by atoms with Gasteiger partial charge in [0.05, 0.1) is 11.6 Å². The first kappa shape index (κ1) is 19.8. The van der Waals surface area contributed by atoms with Crippen molar-refractivity contribution >= 4 is 28.1 Å². The summed E-state index contributed by atoms with van der Waals surface area (Å²) in [5.41, 5.74) is 5.70. The molecular formula is C25H25N7O. The Kier molecular flexibility index (Phi) is 4.60. The van der Waals surface area contributed by atoms with Crippen LogP contribution in [-0.4, -0.2) is 46.5 Å². The molecule has 1 atom stereocenters. The zero-order chi connectivity index (χ0) is 22.5. The van der Waals surface area contributed by atoms with E-state index in [9.17, 15) is 4.79 Å². The molecule has 0 radical (unpaired) electrons. The molecule has 0 aliphatic carbocycles. The minimum Gasteiger partial charge on any atom is -0.332 e. The largest absolute Gasteiger partial charge is 0.332 e. The number of amides is 1. The first-order valence-electron chi connectivity index (χ1n) is 11.4. The van der Waals surface area contributed by atoms with Crippen LogP contribution in [0, 0.1) is 13.8 Å². The number of nitrogens with zero attached hydrogens (tertiary/aromatic N) is 7. The van der Waals surface area contributed by atoms with Gasteiger partial charge in [0, 0.05) is 35.9 Å². The zero-order valence-electron chi connectivity index (χ0n) is 18.8. The van der Waals surface area contributed by atoms with Crippen molar-refractivity contribution in [2.75, 3.05) is 6.54 Å². The van der Waals surface area contributed by atoms with E-state index in [0.717, 1.165) is 64.4 Å². The Morgan fingerprint density at radius 3 is 2.85 bits per heavy atom. The lowest BCUT2D eigenvalue weighted by atomic mass is 10.1. The molecule has 1 aliphatic rings. The summed E-state index contributed by atoms with van der Waals surface area (Å²) >= 11 is 0. The van der Waals surface area contributed by atoms with Gasteiger partial charge in [-0.1, -0.05) is 18.2 Å². The van der Waals surface area contributed by atoms with Crippen molar-refractivity contribution in [2.24, 2.45) is 0 Å². The number of benzene rings is 1. The third kappa shape index (κ3) is 3.16. The van der Waals surface area contributed by atoms with Crippen LogP contribution in [0.5, 0.6) is 0 Å². The molecule has 0 spiro atoms. The van der Waals surface area contributed by atoms with Crippen molar-refractivity contribution in [3.63, 3.8) is 0 Å². The summed E-state index contributed by atoms with van der Waals surface area (Å²) in [4.78, 5) is 20.1. The third-order valence-electron chi connectivity index (χ3n) is 6.82. The first-order valence-corrected chi connectivity index (χ1v) is 11.4. The standard InChI is InChI=1S/C25H25N7O/c1-16-18(17(2)32-24(26-16)19-8-3-4-9-20(19)29-32)12-13-23(33)30-15-7-10-21(30)25-28-27-22-11-5-6-14-31(22)25/h3-6,8-9,11,14,21H,7,10,12-13,15H2,1-2H3/t21-/m1/s1. The van der Waals surface area contributed by atoms with Crippen LogP contribution in [0.4, 0.5) is 0 Å². The molecule has 166 valence electrons.